The fraction of sp³-hybridized carbons (Fsp3) is 0.952. The van der Waals surface area contributed by atoms with E-state index in [0.29, 0.717) is 32.5 Å². The summed E-state index contributed by atoms with van der Waals surface area (Å²) in [5.41, 5.74) is 0. The van der Waals surface area contributed by atoms with Gasteiger partial charge in [-0.05, 0) is 142 Å². The Morgan fingerprint density at radius 2 is 0.630 bits per heavy atom. The van der Waals surface area contributed by atoms with Gasteiger partial charge in [-0.2, -0.15) is 0 Å². The van der Waals surface area contributed by atoms with Crippen LogP contribution in [0.2, 0.25) is 0 Å². The summed E-state index contributed by atoms with van der Waals surface area (Å²) in [6.45, 7) is 22.7. The second kappa shape index (κ2) is 55.0. The van der Waals surface area contributed by atoms with E-state index in [1.807, 2.05) is 6.92 Å². The maximum atomic E-state index is 12.4. The lowest BCUT2D eigenvalue weighted by atomic mass is 10.1. The summed E-state index contributed by atoms with van der Waals surface area (Å²) in [5.74, 6) is -0.0612. The molecule has 0 aromatic carbocycles. The van der Waals surface area contributed by atoms with Crippen LogP contribution in [0.1, 0.15) is 299 Å². The van der Waals surface area contributed by atoms with Crippen molar-refractivity contribution in [3.05, 3.63) is 0 Å². The molecule has 434 valence electrons. The highest BCUT2D eigenvalue weighted by Gasteiger charge is 2.15. The molecular formula is C62H122N2O9. The van der Waals surface area contributed by atoms with Crippen LogP contribution in [-0.2, 0) is 38.1 Å². The molecule has 11 heteroatoms. The molecule has 4 unspecified atom stereocenters. The van der Waals surface area contributed by atoms with Crippen LogP contribution >= 0.6 is 0 Å². The Morgan fingerprint density at radius 1 is 0.356 bits per heavy atom. The molecule has 0 aliphatic carbocycles. The van der Waals surface area contributed by atoms with E-state index < -0.39 is 0 Å². The van der Waals surface area contributed by atoms with Crippen molar-refractivity contribution in [1.82, 2.24) is 9.80 Å². The largest absolute Gasteiger partial charge is 0.462 e. The second-order valence-corrected chi connectivity index (χ2v) is 21.4. The highest BCUT2D eigenvalue weighted by Crippen LogP contribution is 2.17. The predicted octanol–water partition coefficient (Wildman–Crippen LogP) is 16.0. The average Bonchev–Trinajstić information content (AvgIpc) is 3.38. The molecule has 1 N–H and O–H groups in total. The number of unbranched alkanes of at least 4 members (excludes halogenated alkanes) is 21. The summed E-state index contributed by atoms with van der Waals surface area (Å²) in [6.07, 6.45) is 41.0. The Labute approximate surface area is 451 Å². The SMILES string of the molecule is CCCCCC(CC)OC(=O)CCCCCCCCN(CCCO)CCCOC(C)OCCCN(CCCCCCCCC(=O)OC(CC)CCCCC)CCCCCCCCC(=O)OC(CC)CCCCC. The Bertz CT molecular complexity index is 1140. The lowest BCUT2D eigenvalue weighted by molar-refractivity contribution is -0.150. The first-order valence-corrected chi connectivity index (χ1v) is 31.5. The van der Waals surface area contributed by atoms with E-state index in [2.05, 4.69) is 51.3 Å². The number of esters is 3. The van der Waals surface area contributed by atoms with Crippen molar-refractivity contribution in [2.45, 2.75) is 323 Å². The molecule has 0 aliphatic heterocycles. The quantitative estimate of drug-likeness (QED) is 0.0271. The van der Waals surface area contributed by atoms with Crippen molar-refractivity contribution in [3.8, 4) is 0 Å². The van der Waals surface area contributed by atoms with Crippen molar-refractivity contribution in [1.29, 1.82) is 0 Å². The standard InChI is InChI=1S/C62H122N2O9/c1-8-14-29-41-57(11-4)71-60(66)44-32-23-17-20-26-35-47-63(48-36-27-21-18-24-33-45-61(67)72-58(12-5)42-30-15-9-2)51-39-54-69-56(7)70-55-40-52-64(50-38-53-65)49-37-28-22-19-25-34-46-62(68)73-59(13-6)43-31-16-10-3/h56-59,65H,8-55H2,1-7H3. The fourth-order valence-corrected chi connectivity index (χ4v) is 9.66. The smallest absolute Gasteiger partial charge is 0.306 e. The summed E-state index contributed by atoms with van der Waals surface area (Å²) in [6, 6.07) is 0. The van der Waals surface area contributed by atoms with Gasteiger partial charge in [0, 0.05) is 45.5 Å². The first-order valence-electron chi connectivity index (χ1n) is 31.5. The number of hydrogen-bond donors (Lipinski definition) is 1. The van der Waals surface area contributed by atoms with Crippen LogP contribution in [0.3, 0.4) is 0 Å². The number of ether oxygens (including phenoxy) is 5. The van der Waals surface area contributed by atoms with Crippen molar-refractivity contribution in [3.63, 3.8) is 0 Å². The Kier molecular flexibility index (Phi) is 53.6. The second-order valence-electron chi connectivity index (χ2n) is 21.4. The summed E-state index contributed by atoms with van der Waals surface area (Å²) >= 11 is 0. The monoisotopic (exact) mass is 1040 g/mol. The third kappa shape index (κ3) is 48.3. The molecule has 11 nitrogen and oxygen atoms in total. The van der Waals surface area contributed by atoms with Crippen LogP contribution in [-0.4, -0.2) is 117 Å². The van der Waals surface area contributed by atoms with Crippen molar-refractivity contribution in [2.24, 2.45) is 0 Å². The molecule has 73 heavy (non-hydrogen) atoms. The number of rotatable bonds is 58. The molecule has 0 fully saturated rings. The van der Waals surface area contributed by atoms with E-state index in [9.17, 15) is 19.5 Å². The molecule has 0 aromatic rings. The van der Waals surface area contributed by atoms with Gasteiger partial charge in [-0.25, -0.2) is 0 Å². The average molecular weight is 1040 g/mol. The topological polar surface area (TPSA) is 124 Å². The van der Waals surface area contributed by atoms with Crippen molar-refractivity contribution < 1.29 is 43.2 Å². The number of carbonyl (C=O) groups excluding carboxylic acids is 3. The van der Waals surface area contributed by atoms with Crippen LogP contribution < -0.4 is 0 Å². The zero-order valence-electron chi connectivity index (χ0n) is 49.4. The minimum absolute atomic E-state index is 0.0179. The van der Waals surface area contributed by atoms with Gasteiger partial charge in [0.1, 0.15) is 18.3 Å². The number of hydrogen-bond acceptors (Lipinski definition) is 11. The third-order valence-corrected chi connectivity index (χ3v) is 14.5. The summed E-state index contributed by atoms with van der Waals surface area (Å²) in [7, 11) is 0. The zero-order chi connectivity index (χ0) is 53.7. The van der Waals surface area contributed by atoms with Crippen molar-refractivity contribution in [2.75, 3.05) is 59.1 Å². The first-order chi connectivity index (χ1) is 35.6. The van der Waals surface area contributed by atoms with E-state index in [0.717, 1.165) is 168 Å². The summed E-state index contributed by atoms with van der Waals surface area (Å²) in [4.78, 5) is 42.3. The summed E-state index contributed by atoms with van der Waals surface area (Å²) < 4.78 is 29.5. The molecular weight excluding hydrogens is 917 g/mol. The van der Waals surface area contributed by atoms with E-state index in [-0.39, 0.29) is 49.1 Å². The minimum atomic E-state index is -0.235. The van der Waals surface area contributed by atoms with E-state index >= 15 is 0 Å². The highest BCUT2D eigenvalue weighted by molar-refractivity contribution is 5.70. The molecule has 0 amide bonds. The van der Waals surface area contributed by atoms with Gasteiger partial charge < -0.3 is 38.6 Å². The van der Waals surface area contributed by atoms with E-state index in [1.165, 1.54) is 103 Å². The maximum Gasteiger partial charge on any atom is 0.306 e. The molecule has 0 saturated heterocycles. The van der Waals surface area contributed by atoms with Crippen LogP contribution in [0.25, 0.3) is 0 Å². The highest BCUT2D eigenvalue weighted by atomic mass is 16.7. The van der Waals surface area contributed by atoms with Gasteiger partial charge in [0.25, 0.3) is 0 Å². The Balaban J connectivity index is 4.59. The van der Waals surface area contributed by atoms with Gasteiger partial charge in [-0.15, -0.1) is 0 Å². The Hall–Kier alpha value is -1.79. The number of carbonyl (C=O) groups is 3. The molecule has 0 heterocycles. The molecule has 0 aliphatic rings. The number of nitrogens with zero attached hydrogens (tertiary/aromatic N) is 2. The lowest BCUT2D eigenvalue weighted by Gasteiger charge is -2.23. The number of aliphatic hydroxyl groups is 1. The molecule has 0 rings (SSSR count). The van der Waals surface area contributed by atoms with Gasteiger partial charge in [0.05, 0.1) is 13.2 Å². The zero-order valence-corrected chi connectivity index (χ0v) is 49.4. The number of aliphatic hydroxyl groups excluding tert-OH is 1. The fourth-order valence-electron chi connectivity index (χ4n) is 9.66. The molecule has 4 atom stereocenters. The van der Waals surface area contributed by atoms with Gasteiger partial charge >= 0.3 is 17.9 Å². The summed E-state index contributed by atoms with van der Waals surface area (Å²) in [5, 5.41) is 9.51. The van der Waals surface area contributed by atoms with E-state index in [1.54, 1.807) is 0 Å². The molecule has 0 aromatic heterocycles. The van der Waals surface area contributed by atoms with E-state index in [4.69, 9.17) is 23.7 Å². The lowest BCUT2D eigenvalue weighted by Crippen LogP contribution is -2.29. The van der Waals surface area contributed by atoms with Crippen LogP contribution in [0.4, 0.5) is 0 Å². The Morgan fingerprint density at radius 3 is 0.918 bits per heavy atom. The van der Waals surface area contributed by atoms with Crippen LogP contribution in [0.5, 0.6) is 0 Å². The normalized spacial score (nSPS) is 13.4. The van der Waals surface area contributed by atoms with Crippen molar-refractivity contribution >= 4 is 17.9 Å². The van der Waals surface area contributed by atoms with Crippen LogP contribution in [0, 0.1) is 0 Å². The van der Waals surface area contributed by atoms with Crippen LogP contribution in [0.15, 0.2) is 0 Å². The predicted molar refractivity (Wildman–Crippen MR) is 305 cm³/mol. The first kappa shape index (κ1) is 71.2. The minimum Gasteiger partial charge on any atom is -0.462 e. The van der Waals surface area contributed by atoms with Gasteiger partial charge in [0.15, 0.2) is 6.29 Å². The molecule has 0 spiro atoms. The molecule has 0 radical (unpaired) electrons. The maximum absolute atomic E-state index is 12.4. The van der Waals surface area contributed by atoms with Gasteiger partial charge in [0.2, 0.25) is 0 Å². The van der Waals surface area contributed by atoms with Gasteiger partial charge in [-0.3, -0.25) is 14.4 Å². The van der Waals surface area contributed by atoms with Gasteiger partial charge in [-0.1, -0.05) is 157 Å². The molecule has 0 saturated carbocycles. The third-order valence-electron chi connectivity index (χ3n) is 14.5. The molecule has 0 bridgehead atoms.